The first-order valence-corrected chi connectivity index (χ1v) is 9.45. The van der Waals surface area contributed by atoms with E-state index in [1.54, 1.807) is 14.2 Å². The van der Waals surface area contributed by atoms with Crippen molar-refractivity contribution < 1.29 is 9.47 Å². The Morgan fingerprint density at radius 3 is 2.54 bits per heavy atom. The summed E-state index contributed by atoms with van der Waals surface area (Å²) in [5.74, 6) is 1.71. The van der Waals surface area contributed by atoms with Crippen molar-refractivity contribution in [2.75, 3.05) is 54.6 Å². The number of nitrogens with zero attached hydrogens (tertiary/aromatic N) is 2. The number of nitrogens with one attached hydrogen (secondary N) is 2. The van der Waals surface area contributed by atoms with Gasteiger partial charge in [0.25, 0.3) is 0 Å². The molecule has 2 N–H and O–H groups in total. The van der Waals surface area contributed by atoms with Crippen LogP contribution in [0.1, 0.15) is 37.8 Å². The lowest BCUT2D eigenvalue weighted by atomic mass is 10.0. The molecule has 1 unspecified atom stereocenters. The lowest BCUT2D eigenvalue weighted by Crippen LogP contribution is -2.42. The van der Waals surface area contributed by atoms with Crippen LogP contribution in [0.4, 0.5) is 0 Å². The van der Waals surface area contributed by atoms with Crippen molar-refractivity contribution in [2.24, 2.45) is 4.99 Å². The normalized spacial score (nSPS) is 12.9. The number of guanidine groups is 1. The van der Waals surface area contributed by atoms with E-state index in [1.807, 2.05) is 18.2 Å². The van der Waals surface area contributed by atoms with Gasteiger partial charge in [0.2, 0.25) is 0 Å². The number of rotatable bonds is 12. The van der Waals surface area contributed by atoms with Crippen LogP contribution in [-0.4, -0.2) is 65.4 Å². The van der Waals surface area contributed by atoms with E-state index in [-0.39, 0.29) is 6.04 Å². The highest BCUT2D eigenvalue weighted by atomic mass is 16.5. The van der Waals surface area contributed by atoms with Crippen molar-refractivity contribution in [1.82, 2.24) is 15.5 Å². The fourth-order valence-electron chi connectivity index (χ4n) is 2.66. The van der Waals surface area contributed by atoms with Gasteiger partial charge in [0.15, 0.2) is 5.96 Å². The molecule has 0 spiro atoms. The van der Waals surface area contributed by atoms with Crippen molar-refractivity contribution in [1.29, 1.82) is 0 Å². The highest BCUT2D eigenvalue weighted by Gasteiger charge is 2.18. The van der Waals surface area contributed by atoms with Gasteiger partial charge in [-0.1, -0.05) is 31.5 Å². The first kappa shape index (κ1) is 22.3. The van der Waals surface area contributed by atoms with Crippen molar-refractivity contribution >= 4 is 5.96 Å². The molecule has 0 amide bonds. The van der Waals surface area contributed by atoms with E-state index in [2.05, 4.69) is 47.6 Å². The zero-order valence-corrected chi connectivity index (χ0v) is 17.0. The monoisotopic (exact) mass is 364 g/mol. The standard InChI is InChI=1S/C20H36N4O2/c1-6-7-14-26-15-10-13-22-20(21-2)23-16-18(24(3)4)17-11-8-9-12-19(17)25-5/h8-9,11-12,18H,6-7,10,13-16H2,1-5H3,(H2,21,22,23). The molecule has 6 nitrogen and oxygen atoms in total. The summed E-state index contributed by atoms with van der Waals surface area (Å²) in [6.07, 6.45) is 3.27. The molecule has 0 radical (unpaired) electrons. The Morgan fingerprint density at radius 2 is 1.88 bits per heavy atom. The van der Waals surface area contributed by atoms with Gasteiger partial charge < -0.3 is 25.0 Å². The zero-order valence-electron chi connectivity index (χ0n) is 17.0. The van der Waals surface area contributed by atoms with E-state index in [1.165, 1.54) is 6.42 Å². The molecule has 0 fully saturated rings. The van der Waals surface area contributed by atoms with Crippen molar-refractivity contribution in [3.05, 3.63) is 29.8 Å². The third-order valence-corrected chi connectivity index (χ3v) is 4.21. The molecule has 148 valence electrons. The summed E-state index contributed by atoms with van der Waals surface area (Å²) >= 11 is 0. The minimum absolute atomic E-state index is 0.182. The molecule has 1 aromatic carbocycles. The average Bonchev–Trinajstić information content (AvgIpc) is 2.65. The second-order valence-corrected chi connectivity index (χ2v) is 6.42. The zero-order chi connectivity index (χ0) is 19.2. The summed E-state index contributed by atoms with van der Waals surface area (Å²) in [5, 5.41) is 6.76. The van der Waals surface area contributed by atoms with Crippen LogP contribution >= 0.6 is 0 Å². The van der Waals surface area contributed by atoms with E-state index < -0.39 is 0 Å². The Hall–Kier alpha value is -1.79. The molecular weight excluding hydrogens is 328 g/mol. The fraction of sp³-hybridized carbons (Fsp3) is 0.650. The first-order valence-electron chi connectivity index (χ1n) is 9.45. The van der Waals surface area contributed by atoms with Gasteiger partial charge in [-0.05, 0) is 33.0 Å². The predicted octanol–water partition coefficient (Wildman–Crippen LogP) is 2.67. The smallest absolute Gasteiger partial charge is 0.191 e. The first-order chi connectivity index (χ1) is 12.6. The van der Waals surface area contributed by atoms with Gasteiger partial charge in [-0.15, -0.1) is 0 Å². The van der Waals surface area contributed by atoms with Crippen molar-refractivity contribution in [3.8, 4) is 5.75 Å². The molecule has 0 aromatic heterocycles. The SMILES string of the molecule is CCCCOCCCNC(=NC)NCC(c1ccccc1OC)N(C)C. The quantitative estimate of drug-likeness (QED) is 0.339. The summed E-state index contributed by atoms with van der Waals surface area (Å²) in [4.78, 5) is 6.49. The van der Waals surface area contributed by atoms with Crippen LogP contribution in [0.15, 0.2) is 29.3 Å². The maximum absolute atomic E-state index is 5.58. The lowest BCUT2D eigenvalue weighted by Gasteiger charge is -2.27. The Morgan fingerprint density at radius 1 is 1.15 bits per heavy atom. The number of hydrogen-bond donors (Lipinski definition) is 2. The van der Waals surface area contributed by atoms with Gasteiger partial charge in [0, 0.05) is 38.9 Å². The summed E-state index contributed by atoms with van der Waals surface area (Å²) in [6, 6.07) is 8.32. The van der Waals surface area contributed by atoms with Crippen molar-refractivity contribution in [2.45, 2.75) is 32.2 Å². The number of likely N-dealkylation sites (N-methyl/N-ethyl adjacent to an activating group) is 1. The van der Waals surface area contributed by atoms with Gasteiger partial charge in [0.05, 0.1) is 13.2 Å². The number of para-hydroxylation sites is 1. The van der Waals surface area contributed by atoms with Gasteiger partial charge in [-0.3, -0.25) is 4.99 Å². The Balaban J connectivity index is 2.46. The molecule has 1 atom stereocenters. The van der Waals surface area contributed by atoms with Gasteiger partial charge in [-0.25, -0.2) is 0 Å². The molecule has 0 aliphatic carbocycles. The van der Waals surface area contributed by atoms with Gasteiger partial charge in [-0.2, -0.15) is 0 Å². The molecule has 26 heavy (non-hydrogen) atoms. The van der Waals surface area contributed by atoms with E-state index in [0.29, 0.717) is 0 Å². The summed E-state index contributed by atoms with van der Waals surface area (Å²) in [7, 11) is 7.65. The maximum atomic E-state index is 5.58. The minimum atomic E-state index is 0.182. The third-order valence-electron chi connectivity index (χ3n) is 4.21. The lowest BCUT2D eigenvalue weighted by molar-refractivity contribution is 0.129. The Labute approximate surface area is 159 Å². The molecule has 0 bridgehead atoms. The molecular formula is C20H36N4O2. The van der Waals surface area contributed by atoms with E-state index in [0.717, 1.165) is 56.4 Å². The summed E-state index contributed by atoms with van der Waals surface area (Å²) in [5.41, 5.74) is 1.16. The molecule has 0 saturated heterocycles. The average molecular weight is 365 g/mol. The number of methoxy groups -OCH3 is 1. The van der Waals surface area contributed by atoms with Crippen LogP contribution < -0.4 is 15.4 Å². The summed E-state index contributed by atoms with van der Waals surface area (Å²) < 4.78 is 11.1. The van der Waals surface area contributed by atoms with Crippen LogP contribution in [0.5, 0.6) is 5.75 Å². The van der Waals surface area contributed by atoms with Crippen LogP contribution in [0.3, 0.4) is 0 Å². The summed E-state index contributed by atoms with van der Waals surface area (Å²) in [6.45, 7) is 5.39. The number of benzene rings is 1. The number of hydrogen-bond acceptors (Lipinski definition) is 4. The van der Waals surface area contributed by atoms with E-state index in [9.17, 15) is 0 Å². The molecule has 0 heterocycles. The largest absolute Gasteiger partial charge is 0.496 e. The number of ether oxygens (including phenoxy) is 2. The van der Waals surface area contributed by atoms with Crippen LogP contribution in [0.25, 0.3) is 0 Å². The third kappa shape index (κ3) is 8.06. The van der Waals surface area contributed by atoms with Crippen LogP contribution in [0.2, 0.25) is 0 Å². The van der Waals surface area contributed by atoms with Crippen LogP contribution in [0, 0.1) is 0 Å². The van der Waals surface area contributed by atoms with E-state index >= 15 is 0 Å². The van der Waals surface area contributed by atoms with Gasteiger partial charge in [0.1, 0.15) is 5.75 Å². The second-order valence-electron chi connectivity index (χ2n) is 6.42. The van der Waals surface area contributed by atoms with E-state index in [4.69, 9.17) is 9.47 Å². The number of aliphatic imine (C=N–C) groups is 1. The molecule has 0 aliphatic rings. The highest BCUT2D eigenvalue weighted by Crippen LogP contribution is 2.27. The fourth-order valence-corrected chi connectivity index (χ4v) is 2.66. The molecule has 1 rings (SSSR count). The van der Waals surface area contributed by atoms with Gasteiger partial charge >= 0.3 is 0 Å². The van der Waals surface area contributed by atoms with Crippen LogP contribution in [-0.2, 0) is 4.74 Å². The topological polar surface area (TPSA) is 58.1 Å². The highest BCUT2D eigenvalue weighted by molar-refractivity contribution is 5.79. The number of unbranched alkanes of at least 4 members (excludes halogenated alkanes) is 1. The predicted molar refractivity (Wildman–Crippen MR) is 109 cm³/mol. The Kier molecular flexibility index (Phi) is 11.5. The molecule has 0 saturated carbocycles. The molecule has 0 aliphatic heterocycles. The molecule has 6 heteroatoms. The molecule has 1 aromatic rings. The van der Waals surface area contributed by atoms with Crippen molar-refractivity contribution in [3.63, 3.8) is 0 Å². The Bertz CT molecular complexity index is 520. The maximum Gasteiger partial charge on any atom is 0.191 e. The second kappa shape index (κ2) is 13.4. The minimum Gasteiger partial charge on any atom is -0.496 e.